The highest BCUT2D eigenvalue weighted by molar-refractivity contribution is 7.89. The molecule has 0 rings (SSSR count). The Hall–Kier alpha value is -0.620. The van der Waals surface area contributed by atoms with Crippen molar-refractivity contribution >= 4 is 16.0 Å². The molecule has 0 fully saturated rings. The van der Waals surface area contributed by atoms with Gasteiger partial charge >= 0.3 is 5.97 Å². The zero-order chi connectivity index (χ0) is 12.6. The van der Waals surface area contributed by atoms with E-state index >= 15 is 0 Å². The van der Waals surface area contributed by atoms with Gasteiger partial charge in [-0.1, -0.05) is 26.7 Å². The highest BCUT2D eigenvalue weighted by atomic mass is 32.2. The van der Waals surface area contributed by atoms with Crippen LogP contribution in [-0.2, 0) is 19.6 Å². The second-order valence-corrected chi connectivity index (χ2v) is 5.60. The van der Waals surface area contributed by atoms with E-state index in [0.717, 1.165) is 12.8 Å². The quantitative estimate of drug-likeness (QED) is 0.651. The molecule has 0 aromatic heterocycles. The molecular weight excluding hydrogens is 230 g/mol. The molecule has 16 heavy (non-hydrogen) atoms. The Labute approximate surface area is 97.6 Å². The number of rotatable bonds is 8. The van der Waals surface area contributed by atoms with Gasteiger partial charge in [0.15, 0.2) is 0 Å². The average molecular weight is 251 g/mol. The normalized spacial score (nSPS) is 11.8. The van der Waals surface area contributed by atoms with Gasteiger partial charge in [0.05, 0.1) is 19.3 Å². The summed E-state index contributed by atoms with van der Waals surface area (Å²) in [5, 5.41) is 0. The lowest BCUT2D eigenvalue weighted by molar-refractivity contribution is -0.140. The number of hydrogen-bond acceptors (Lipinski definition) is 4. The Balaban J connectivity index is 4.00. The van der Waals surface area contributed by atoms with Crippen molar-refractivity contribution in [2.45, 2.75) is 33.1 Å². The molecule has 1 N–H and O–H groups in total. The van der Waals surface area contributed by atoms with Crippen LogP contribution in [0.25, 0.3) is 0 Å². The highest BCUT2D eigenvalue weighted by Gasteiger charge is 2.14. The molecule has 0 amide bonds. The lowest BCUT2D eigenvalue weighted by atomic mass is 10.0. The van der Waals surface area contributed by atoms with E-state index in [1.54, 1.807) is 0 Å². The molecule has 5 nitrogen and oxygen atoms in total. The van der Waals surface area contributed by atoms with Crippen LogP contribution in [-0.4, -0.2) is 33.8 Å². The van der Waals surface area contributed by atoms with Crippen molar-refractivity contribution < 1.29 is 17.9 Å². The van der Waals surface area contributed by atoms with E-state index in [1.807, 2.05) is 13.8 Å². The molecule has 0 atom stereocenters. The van der Waals surface area contributed by atoms with E-state index in [1.165, 1.54) is 7.11 Å². The molecule has 0 unspecified atom stereocenters. The average Bonchev–Trinajstić information content (AvgIpc) is 2.27. The van der Waals surface area contributed by atoms with Gasteiger partial charge in [-0.25, -0.2) is 13.1 Å². The van der Waals surface area contributed by atoms with Gasteiger partial charge in [0.1, 0.15) is 0 Å². The second kappa shape index (κ2) is 7.62. The first kappa shape index (κ1) is 15.4. The molecule has 0 aromatic carbocycles. The summed E-state index contributed by atoms with van der Waals surface area (Å²) in [7, 11) is -2.11. The van der Waals surface area contributed by atoms with Gasteiger partial charge in [0.2, 0.25) is 10.0 Å². The van der Waals surface area contributed by atoms with Crippen LogP contribution in [0.5, 0.6) is 0 Å². The summed E-state index contributed by atoms with van der Waals surface area (Å²) in [4.78, 5) is 10.8. The predicted molar refractivity (Wildman–Crippen MR) is 62.5 cm³/mol. The fraction of sp³-hybridized carbons (Fsp3) is 0.900. The first-order chi connectivity index (χ1) is 7.45. The number of ether oxygens (including phenoxy) is 1. The Kier molecular flexibility index (Phi) is 7.33. The molecule has 0 saturated heterocycles. The minimum atomic E-state index is -3.35. The lowest BCUT2D eigenvalue weighted by Gasteiger charge is -2.13. The fourth-order valence-corrected chi connectivity index (χ4v) is 2.28. The van der Waals surface area contributed by atoms with Crippen LogP contribution in [0.1, 0.15) is 33.1 Å². The maximum atomic E-state index is 11.5. The summed E-state index contributed by atoms with van der Waals surface area (Å²) in [6.45, 7) is 4.49. The summed E-state index contributed by atoms with van der Waals surface area (Å²) in [6, 6.07) is 0. The van der Waals surface area contributed by atoms with Crippen LogP contribution in [0.3, 0.4) is 0 Å². The van der Waals surface area contributed by atoms with E-state index in [0.29, 0.717) is 12.5 Å². The Morgan fingerprint density at radius 2 is 1.88 bits per heavy atom. The van der Waals surface area contributed by atoms with E-state index in [-0.39, 0.29) is 12.2 Å². The van der Waals surface area contributed by atoms with Crippen molar-refractivity contribution in [2.24, 2.45) is 5.92 Å². The highest BCUT2D eigenvalue weighted by Crippen LogP contribution is 2.06. The number of carbonyl (C=O) groups is 1. The van der Waals surface area contributed by atoms with Gasteiger partial charge in [0, 0.05) is 6.54 Å². The monoisotopic (exact) mass is 251 g/mol. The molecule has 0 bridgehead atoms. The molecule has 0 heterocycles. The van der Waals surface area contributed by atoms with Crippen LogP contribution < -0.4 is 4.72 Å². The van der Waals surface area contributed by atoms with Crippen molar-refractivity contribution in [3.05, 3.63) is 0 Å². The van der Waals surface area contributed by atoms with Crippen LogP contribution >= 0.6 is 0 Å². The number of hydrogen-bond donors (Lipinski definition) is 1. The summed E-state index contributed by atoms with van der Waals surface area (Å²) in [6.07, 6.45) is 1.78. The third-order valence-electron chi connectivity index (χ3n) is 2.55. The first-order valence-corrected chi connectivity index (χ1v) is 7.14. The molecule has 0 saturated carbocycles. The van der Waals surface area contributed by atoms with Gasteiger partial charge in [-0.05, 0) is 5.92 Å². The van der Waals surface area contributed by atoms with Gasteiger partial charge in [-0.15, -0.1) is 0 Å². The van der Waals surface area contributed by atoms with Crippen molar-refractivity contribution in [1.82, 2.24) is 4.72 Å². The van der Waals surface area contributed by atoms with Gasteiger partial charge < -0.3 is 4.74 Å². The number of nitrogens with one attached hydrogen (secondary N) is 1. The first-order valence-electron chi connectivity index (χ1n) is 5.49. The van der Waals surface area contributed by atoms with Crippen LogP contribution in [0.2, 0.25) is 0 Å². The zero-order valence-electron chi connectivity index (χ0n) is 10.2. The topological polar surface area (TPSA) is 72.5 Å². The molecule has 0 aliphatic carbocycles. The summed E-state index contributed by atoms with van der Waals surface area (Å²) < 4.78 is 29.8. The SMILES string of the molecule is CCC(CC)CNS(=O)(=O)CCC(=O)OC. The van der Waals surface area contributed by atoms with E-state index in [4.69, 9.17) is 0 Å². The fourth-order valence-electron chi connectivity index (χ4n) is 1.21. The third kappa shape index (κ3) is 6.79. The van der Waals surface area contributed by atoms with Crippen molar-refractivity contribution in [3.8, 4) is 0 Å². The Morgan fingerprint density at radius 3 is 2.31 bits per heavy atom. The largest absolute Gasteiger partial charge is 0.469 e. The minimum absolute atomic E-state index is 0.102. The van der Waals surface area contributed by atoms with Crippen LogP contribution in [0, 0.1) is 5.92 Å². The van der Waals surface area contributed by atoms with E-state index in [2.05, 4.69) is 9.46 Å². The molecule has 0 aromatic rings. The molecule has 0 aliphatic heterocycles. The second-order valence-electron chi connectivity index (χ2n) is 3.68. The maximum Gasteiger partial charge on any atom is 0.306 e. The Bertz CT molecular complexity index is 296. The summed E-state index contributed by atoms with van der Waals surface area (Å²) in [5.41, 5.74) is 0. The van der Waals surface area contributed by atoms with E-state index in [9.17, 15) is 13.2 Å². The number of methoxy groups -OCH3 is 1. The van der Waals surface area contributed by atoms with Gasteiger partial charge in [0.25, 0.3) is 0 Å². The van der Waals surface area contributed by atoms with Crippen molar-refractivity contribution in [3.63, 3.8) is 0 Å². The molecule has 0 radical (unpaired) electrons. The standard InChI is InChI=1S/C10H21NO4S/c1-4-9(5-2)8-11-16(13,14)7-6-10(12)15-3/h9,11H,4-8H2,1-3H3. The maximum absolute atomic E-state index is 11.5. The number of sulfonamides is 1. The zero-order valence-corrected chi connectivity index (χ0v) is 11.0. The van der Waals surface area contributed by atoms with Crippen molar-refractivity contribution in [2.75, 3.05) is 19.4 Å². The van der Waals surface area contributed by atoms with Gasteiger partial charge in [-0.2, -0.15) is 0 Å². The number of carbonyl (C=O) groups excluding carboxylic acids is 1. The van der Waals surface area contributed by atoms with Crippen LogP contribution in [0.15, 0.2) is 0 Å². The van der Waals surface area contributed by atoms with Gasteiger partial charge in [-0.3, -0.25) is 4.79 Å². The molecule has 0 aliphatic rings. The molecular formula is C10H21NO4S. The van der Waals surface area contributed by atoms with E-state index < -0.39 is 16.0 Å². The predicted octanol–water partition coefficient (Wildman–Crippen LogP) is 0.905. The van der Waals surface area contributed by atoms with Crippen LogP contribution in [0.4, 0.5) is 0 Å². The smallest absolute Gasteiger partial charge is 0.306 e. The minimum Gasteiger partial charge on any atom is -0.469 e. The van der Waals surface area contributed by atoms with Crippen molar-refractivity contribution in [1.29, 1.82) is 0 Å². The summed E-state index contributed by atoms with van der Waals surface area (Å²) >= 11 is 0. The molecule has 6 heteroatoms. The Morgan fingerprint density at radius 1 is 1.31 bits per heavy atom. The summed E-state index contributed by atoms with van der Waals surface area (Å²) in [5.74, 6) is -0.361. The molecule has 0 spiro atoms. The number of esters is 1. The molecule has 96 valence electrons. The lowest BCUT2D eigenvalue weighted by Crippen LogP contribution is -2.31. The third-order valence-corrected chi connectivity index (χ3v) is 3.90.